The quantitative estimate of drug-likeness (QED) is 0.818. The molecule has 1 aromatic rings. The lowest BCUT2D eigenvalue weighted by Crippen LogP contribution is -2.37. The highest BCUT2D eigenvalue weighted by Gasteiger charge is 2.38. The molecule has 0 bridgehead atoms. The highest BCUT2D eigenvalue weighted by molar-refractivity contribution is 7.89. The third-order valence-corrected chi connectivity index (χ3v) is 6.45. The van der Waals surface area contributed by atoms with Crippen molar-refractivity contribution < 1.29 is 8.42 Å². The van der Waals surface area contributed by atoms with E-state index >= 15 is 0 Å². The minimum absolute atomic E-state index is 0.101. The molecular weight excluding hydrogens is 290 g/mol. The Labute approximate surface area is 125 Å². The maximum Gasteiger partial charge on any atom is 0.262 e. The number of sulfonamides is 1. The number of hydrogen-bond donors (Lipinski definition) is 2. The van der Waals surface area contributed by atoms with Crippen LogP contribution in [0.4, 0.5) is 0 Å². The molecule has 1 atom stereocenters. The molecule has 118 valence electrons. The largest absolute Gasteiger partial charge is 0.326 e. The first kappa shape index (κ1) is 15.0. The van der Waals surface area contributed by atoms with Crippen molar-refractivity contribution in [2.24, 2.45) is 5.73 Å². The standard InChI is InChI=1S/C13H23N5O2S/c1-10-12(8-14)13(16-15-10)21(19,20)18-7-4-11(9-18)17-5-2-3-6-17/h11H,2-9,14H2,1H3,(H,15,16). The van der Waals surface area contributed by atoms with Crippen LogP contribution in [0.15, 0.2) is 5.03 Å². The number of nitrogens with one attached hydrogen (secondary N) is 1. The molecule has 21 heavy (non-hydrogen) atoms. The zero-order valence-corrected chi connectivity index (χ0v) is 13.2. The SMILES string of the molecule is Cc1[nH]nc(S(=O)(=O)N2CCC(N3CCCC3)C2)c1CN. The zero-order chi connectivity index (χ0) is 15.0. The van der Waals surface area contributed by atoms with Crippen molar-refractivity contribution in [3.63, 3.8) is 0 Å². The van der Waals surface area contributed by atoms with E-state index in [-0.39, 0.29) is 11.6 Å². The second kappa shape index (κ2) is 5.68. The van der Waals surface area contributed by atoms with Gasteiger partial charge in [-0.3, -0.25) is 10.00 Å². The molecule has 0 aliphatic carbocycles. The number of aryl methyl sites for hydroxylation is 1. The number of aromatic nitrogens is 2. The number of aromatic amines is 1. The highest BCUT2D eigenvalue weighted by atomic mass is 32.2. The molecule has 3 heterocycles. The molecule has 2 saturated heterocycles. The normalized spacial score (nSPS) is 25.0. The van der Waals surface area contributed by atoms with E-state index in [2.05, 4.69) is 15.1 Å². The Morgan fingerprint density at radius 2 is 2.05 bits per heavy atom. The van der Waals surface area contributed by atoms with Crippen LogP contribution in [0.25, 0.3) is 0 Å². The summed E-state index contributed by atoms with van der Waals surface area (Å²) in [6.45, 7) is 5.30. The fourth-order valence-electron chi connectivity index (χ4n) is 3.34. The lowest BCUT2D eigenvalue weighted by molar-refractivity contribution is 0.251. The Kier molecular flexibility index (Phi) is 4.04. The van der Waals surface area contributed by atoms with Crippen LogP contribution in [-0.4, -0.2) is 60.0 Å². The molecule has 2 aliphatic heterocycles. The second-order valence-electron chi connectivity index (χ2n) is 5.89. The number of rotatable bonds is 4. The van der Waals surface area contributed by atoms with Crippen molar-refractivity contribution in [1.29, 1.82) is 0 Å². The van der Waals surface area contributed by atoms with E-state index in [9.17, 15) is 8.42 Å². The van der Waals surface area contributed by atoms with Gasteiger partial charge >= 0.3 is 0 Å². The fraction of sp³-hybridized carbons (Fsp3) is 0.769. The molecule has 1 unspecified atom stereocenters. The molecule has 1 aromatic heterocycles. The highest BCUT2D eigenvalue weighted by Crippen LogP contribution is 2.27. The van der Waals surface area contributed by atoms with Crippen LogP contribution in [0.5, 0.6) is 0 Å². The predicted molar refractivity (Wildman–Crippen MR) is 79.2 cm³/mol. The number of likely N-dealkylation sites (tertiary alicyclic amines) is 1. The minimum Gasteiger partial charge on any atom is -0.326 e. The van der Waals surface area contributed by atoms with E-state index in [1.165, 1.54) is 12.8 Å². The molecule has 0 spiro atoms. The van der Waals surface area contributed by atoms with E-state index in [1.54, 1.807) is 11.2 Å². The first-order valence-corrected chi connectivity index (χ1v) is 8.96. The first-order chi connectivity index (χ1) is 10.0. The molecule has 2 aliphatic rings. The summed E-state index contributed by atoms with van der Waals surface area (Å²) in [6, 6.07) is 0.351. The van der Waals surface area contributed by atoms with Crippen molar-refractivity contribution in [3.8, 4) is 0 Å². The van der Waals surface area contributed by atoms with Gasteiger partial charge in [0.2, 0.25) is 0 Å². The molecule has 7 nitrogen and oxygen atoms in total. The molecule has 0 aromatic carbocycles. The predicted octanol–water partition coefficient (Wildman–Crippen LogP) is 0.0356. The van der Waals surface area contributed by atoms with Gasteiger partial charge < -0.3 is 5.73 Å². The summed E-state index contributed by atoms with van der Waals surface area (Å²) in [4.78, 5) is 2.41. The van der Waals surface area contributed by atoms with Crippen molar-refractivity contribution in [1.82, 2.24) is 19.4 Å². The summed E-state index contributed by atoms with van der Waals surface area (Å²) in [6.07, 6.45) is 3.35. The van der Waals surface area contributed by atoms with Gasteiger partial charge in [-0.1, -0.05) is 0 Å². The maximum absolute atomic E-state index is 12.8. The van der Waals surface area contributed by atoms with E-state index in [0.29, 0.717) is 24.7 Å². The molecule has 0 saturated carbocycles. The lowest BCUT2D eigenvalue weighted by atomic mass is 10.2. The number of hydrogen-bond acceptors (Lipinski definition) is 5. The number of nitrogens with two attached hydrogens (primary N) is 1. The third-order valence-electron chi connectivity index (χ3n) is 4.61. The van der Waals surface area contributed by atoms with Gasteiger partial charge in [0.25, 0.3) is 10.0 Å². The Balaban J connectivity index is 1.79. The van der Waals surface area contributed by atoms with Crippen LogP contribution in [0, 0.1) is 6.92 Å². The van der Waals surface area contributed by atoms with Crippen LogP contribution in [-0.2, 0) is 16.6 Å². The third kappa shape index (κ3) is 2.61. The van der Waals surface area contributed by atoms with Crippen molar-refractivity contribution in [2.45, 2.75) is 43.8 Å². The Morgan fingerprint density at radius 1 is 1.33 bits per heavy atom. The van der Waals surface area contributed by atoms with Crippen LogP contribution in [0.1, 0.15) is 30.5 Å². The number of nitrogens with zero attached hydrogens (tertiary/aromatic N) is 3. The first-order valence-electron chi connectivity index (χ1n) is 7.52. The molecule has 2 fully saturated rings. The molecule has 0 amide bonds. The Bertz CT molecular complexity index is 606. The van der Waals surface area contributed by atoms with Gasteiger partial charge in [-0.05, 0) is 39.3 Å². The summed E-state index contributed by atoms with van der Waals surface area (Å²) < 4.78 is 27.1. The van der Waals surface area contributed by atoms with Crippen LogP contribution < -0.4 is 5.73 Å². The topological polar surface area (TPSA) is 95.3 Å². The summed E-state index contributed by atoms with van der Waals surface area (Å²) in [5.74, 6) is 0. The average molecular weight is 313 g/mol. The van der Waals surface area contributed by atoms with Crippen molar-refractivity contribution in [3.05, 3.63) is 11.3 Å². The van der Waals surface area contributed by atoms with E-state index in [0.717, 1.165) is 25.2 Å². The van der Waals surface area contributed by atoms with E-state index in [1.807, 2.05) is 0 Å². The van der Waals surface area contributed by atoms with Crippen LogP contribution in [0.3, 0.4) is 0 Å². The summed E-state index contributed by atoms with van der Waals surface area (Å²) in [7, 11) is -3.54. The summed E-state index contributed by atoms with van der Waals surface area (Å²) in [5, 5.41) is 6.82. The van der Waals surface area contributed by atoms with Gasteiger partial charge in [-0.2, -0.15) is 9.40 Å². The average Bonchev–Trinajstić information content (AvgIpc) is 3.18. The van der Waals surface area contributed by atoms with Gasteiger partial charge in [0.15, 0.2) is 5.03 Å². The van der Waals surface area contributed by atoms with Gasteiger partial charge in [0.1, 0.15) is 0 Å². The molecular formula is C13H23N5O2S. The molecule has 0 radical (unpaired) electrons. The van der Waals surface area contributed by atoms with Gasteiger partial charge in [-0.15, -0.1) is 0 Å². The molecule has 3 rings (SSSR count). The molecule has 8 heteroatoms. The monoisotopic (exact) mass is 313 g/mol. The van der Waals surface area contributed by atoms with E-state index < -0.39 is 10.0 Å². The van der Waals surface area contributed by atoms with Crippen LogP contribution >= 0.6 is 0 Å². The summed E-state index contributed by atoms with van der Waals surface area (Å²) >= 11 is 0. The van der Waals surface area contributed by atoms with Gasteiger partial charge in [-0.25, -0.2) is 8.42 Å². The molecule has 3 N–H and O–H groups in total. The van der Waals surface area contributed by atoms with Gasteiger partial charge in [0, 0.05) is 36.9 Å². The Hall–Kier alpha value is -0.960. The second-order valence-corrected chi connectivity index (χ2v) is 7.74. The minimum atomic E-state index is -3.54. The fourth-order valence-corrected chi connectivity index (χ4v) is 5.01. The van der Waals surface area contributed by atoms with Gasteiger partial charge in [0.05, 0.1) is 0 Å². The Morgan fingerprint density at radius 3 is 2.71 bits per heavy atom. The smallest absolute Gasteiger partial charge is 0.262 e. The van der Waals surface area contributed by atoms with E-state index in [4.69, 9.17) is 5.73 Å². The summed E-state index contributed by atoms with van der Waals surface area (Å²) in [5.41, 5.74) is 6.99. The van der Waals surface area contributed by atoms with Crippen molar-refractivity contribution >= 4 is 10.0 Å². The zero-order valence-electron chi connectivity index (χ0n) is 12.4. The number of H-pyrrole nitrogens is 1. The van der Waals surface area contributed by atoms with Crippen LogP contribution in [0.2, 0.25) is 0 Å². The maximum atomic E-state index is 12.8. The van der Waals surface area contributed by atoms with Crippen molar-refractivity contribution in [2.75, 3.05) is 26.2 Å². The lowest BCUT2D eigenvalue weighted by Gasteiger charge is -2.23.